The van der Waals surface area contributed by atoms with Crippen molar-refractivity contribution in [3.05, 3.63) is 71.7 Å². The third-order valence-corrected chi connectivity index (χ3v) is 4.14. The largest absolute Gasteiger partial charge is 0.363 e. The van der Waals surface area contributed by atoms with Crippen LogP contribution in [0.4, 0.5) is 11.4 Å². The van der Waals surface area contributed by atoms with Crippen LogP contribution in [-0.4, -0.2) is 20.6 Å². The van der Waals surface area contributed by atoms with Gasteiger partial charge in [-0.1, -0.05) is 30.3 Å². The molecular formula is C18H15N7. The molecule has 1 aliphatic heterocycles. The van der Waals surface area contributed by atoms with E-state index in [0.29, 0.717) is 5.57 Å². The van der Waals surface area contributed by atoms with Crippen LogP contribution in [0, 0.1) is 11.3 Å². The molecule has 122 valence electrons. The minimum atomic E-state index is 0.265. The molecular weight excluding hydrogens is 314 g/mol. The van der Waals surface area contributed by atoms with Gasteiger partial charge in [0, 0.05) is 30.7 Å². The lowest BCUT2D eigenvalue weighted by Crippen LogP contribution is -2.14. The van der Waals surface area contributed by atoms with Crippen LogP contribution in [0.2, 0.25) is 0 Å². The predicted octanol–water partition coefficient (Wildman–Crippen LogP) is 2.70. The summed E-state index contributed by atoms with van der Waals surface area (Å²) in [6.45, 7) is 1.81. The highest BCUT2D eigenvalue weighted by Gasteiger charge is 2.18. The zero-order chi connectivity index (χ0) is 17.1. The fourth-order valence-electron chi connectivity index (χ4n) is 2.89. The van der Waals surface area contributed by atoms with Gasteiger partial charge < -0.3 is 10.2 Å². The van der Waals surface area contributed by atoms with E-state index in [1.165, 1.54) is 11.1 Å². The topological polar surface area (TPSA) is 93.5 Å². The van der Waals surface area contributed by atoms with Gasteiger partial charge in [0.1, 0.15) is 11.6 Å². The fraction of sp³-hybridized carbons (Fsp3) is 0.111. The van der Waals surface area contributed by atoms with E-state index in [4.69, 9.17) is 0 Å². The maximum atomic E-state index is 9.21. The number of benzene rings is 2. The Labute approximate surface area is 144 Å². The van der Waals surface area contributed by atoms with Crippen LogP contribution in [0.15, 0.2) is 54.7 Å². The molecule has 0 saturated carbocycles. The van der Waals surface area contributed by atoms with E-state index in [1.54, 1.807) is 6.20 Å². The normalized spacial score (nSPS) is 13.4. The first-order valence-corrected chi connectivity index (χ1v) is 7.86. The second-order valence-corrected chi connectivity index (χ2v) is 5.72. The first-order chi connectivity index (χ1) is 12.3. The van der Waals surface area contributed by atoms with Crippen LogP contribution < -0.4 is 10.2 Å². The molecule has 4 rings (SSSR count). The third-order valence-electron chi connectivity index (χ3n) is 4.14. The second kappa shape index (κ2) is 6.45. The summed E-state index contributed by atoms with van der Waals surface area (Å²) in [5, 5.41) is 25.8. The first-order valence-electron chi connectivity index (χ1n) is 7.86. The fourth-order valence-corrected chi connectivity index (χ4v) is 2.89. The van der Waals surface area contributed by atoms with Gasteiger partial charge in [-0.25, -0.2) is 0 Å². The Morgan fingerprint density at radius 3 is 2.64 bits per heavy atom. The van der Waals surface area contributed by atoms with Crippen molar-refractivity contribution in [1.29, 1.82) is 5.26 Å². The van der Waals surface area contributed by atoms with E-state index in [2.05, 4.69) is 73.3 Å². The van der Waals surface area contributed by atoms with Crippen molar-refractivity contribution in [2.75, 3.05) is 10.2 Å². The Balaban J connectivity index is 1.52. The van der Waals surface area contributed by atoms with E-state index in [9.17, 15) is 5.26 Å². The van der Waals surface area contributed by atoms with Gasteiger partial charge in [0.25, 0.3) is 0 Å². The van der Waals surface area contributed by atoms with Crippen LogP contribution in [0.5, 0.6) is 0 Å². The number of allylic oxidation sites excluding steroid dienone is 1. The molecule has 3 aromatic rings. The molecule has 0 saturated heterocycles. The van der Waals surface area contributed by atoms with Gasteiger partial charge in [-0.2, -0.15) is 10.5 Å². The molecule has 0 amide bonds. The minimum absolute atomic E-state index is 0.265. The zero-order valence-corrected chi connectivity index (χ0v) is 13.3. The number of rotatable bonds is 4. The van der Waals surface area contributed by atoms with Crippen LogP contribution in [0.1, 0.15) is 17.0 Å². The maximum absolute atomic E-state index is 9.21. The highest BCUT2D eigenvalue weighted by atomic mass is 15.5. The number of hydrogen-bond acceptors (Lipinski definition) is 6. The molecule has 0 atom stereocenters. The van der Waals surface area contributed by atoms with Crippen molar-refractivity contribution >= 4 is 16.9 Å². The molecule has 0 fully saturated rings. The van der Waals surface area contributed by atoms with Gasteiger partial charge >= 0.3 is 0 Å². The highest BCUT2D eigenvalue weighted by Crippen LogP contribution is 2.29. The van der Waals surface area contributed by atoms with Crippen LogP contribution in [0.3, 0.4) is 0 Å². The number of nitriles is 1. The lowest BCUT2D eigenvalue weighted by atomic mass is 10.1. The minimum Gasteiger partial charge on any atom is -0.363 e. The van der Waals surface area contributed by atoms with Crippen molar-refractivity contribution in [1.82, 2.24) is 20.6 Å². The lowest BCUT2D eigenvalue weighted by molar-refractivity contribution is 0.881. The number of hydrogen-bond donors (Lipinski definition) is 2. The Hall–Kier alpha value is -3.66. The predicted molar refractivity (Wildman–Crippen MR) is 94.2 cm³/mol. The smallest absolute Gasteiger partial charge is 0.216 e. The highest BCUT2D eigenvalue weighted by molar-refractivity contribution is 5.74. The van der Waals surface area contributed by atoms with Gasteiger partial charge in [-0.05, 0) is 34.5 Å². The number of tetrazole rings is 1. The Morgan fingerprint density at radius 2 is 1.96 bits per heavy atom. The summed E-state index contributed by atoms with van der Waals surface area (Å²) in [5.41, 5.74) is 5.07. The van der Waals surface area contributed by atoms with Crippen LogP contribution in [0.25, 0.3) is 5.57 Å². The molecule has 25 heavy (non-hydrogen) atoms. The molecule has 0 spiro atoms. The van der Waals surface area contributed by atoms with E-state index >= 15 is 0 Å². The summed E-state index contributed by atoms with van der Waals surface area (Å²) < 4.78 is 0. The van der Waals surface area contributed by atoms with E-state index in [0.717, 1.165) is 24.5 Å². The summed E-state index contributed by atoms with van der Waals surface area (Å²) >= 11 is 0. The summed E-state index contributed by atoms with van der Waals surface area (Å²) in [6.07, 6.45) is 1.59. The second-order valence-electron chi connectivity index (χ2n) is 5.72. The number of fused-ring (bicyclic) bond motifs is 1. The summed E-state index contributed by atoms with van der Waals surface area (Å²) in [4.78, 5) is 2.32. The van der Waals surface area contributed by atoms with Gasteiger partial charge in [0.2, 0.25) is 5.82 Å². The quantitative estimate of drug-likeness (QED) is 0.715. The molecule has 2 aromatic carbocycles. The number of aromatic nitrogens is 4. The molecule has 1 aliphatic rings. The summed E-state index contributed by atoms with van der Waals surface area (Å²) in [5.74, 6) is 0.265. The molecule has 2 heterocycles. The number of aromatic amines is 1. The van der Waals surface area contributed by atoms with Crippen molar-refractivity contribution in [3.8, 4) is 6.07 Å². The van der Waals surface area contributed by atoms with Gasteiger partial charge in [-0.3, -0.25) is 0 Å². The molecule has 0 bridgehead atoms. The Bertz CT molecular complexity index is 929. The van der Waals surface area contributed by atoms with Gasteiger partial charge in [0.15, 0.2) is 0 Å². The summed E-state index contributed by atoms with van der Waals surface area (Å²) in [6, 6.07) is 18.7. The molecule has 0 aliphatic carbocycles. The standard InChI is InChI=1S/C18H15N7/c19-9-15(18-21-23-24-22-18)10-20-16-6-3-7-17(8-16)25-11-13-4-1-2-5-14(13)12-25/h1-8,10,20H,11-12H2,(H,21,22,23,24). The van der Waals surface area contributed by atoms with Crippen molar-refractivity contribution in [2.45, 2.75) is 13.1 Å². The third kappa shape index (κ3) is 3.05. The number of anilines is 2. The average molecular weight is 329 g/mol. The molecule has 7 heteroatoms. The molecule has 2 N–H and O–H groups in total. The first kappa shape index (κ1) is 14.9. The Morgan fingerprint density at radius 1 is 1.16 bits per heavy atom. The summed E-state index contributed by atoms with van der Waals surface area (Å²) in [7, 11) is 0. The zero-order valence-electron chi connectivity index (χ0n) is 13.3. The number of nitrogens with one attached hydrogen (secondary N) is 2. The molecule has 0 radical (unpaired) electrons. The number of nitrogens with zero attached hydrogens (tertiary/aromatic N) is 5. The van der Waals surface area contributed by atoms with E-state index < -0.39 is 0 Å². The molecule has 1 aromatic heterocycles. The monoisotopic (exact) mass is 329 g/mol. The average Bonchev–Trinajstić information content (AvgIpc) is 3.32. The van der Waals surface area contributed by atoms with Crippen molar-refractivity contribution < 1.29 is 0 Å². The molecule has 0 unspecified atom stereocenters. The van der Waals surface area contributed by atoms with Crippen LogP contribution in [-0.2, 0) is 13.1 Å². The van der Waals surface area contributed by atoms with E-state index in [1.807, 2.05) is 12.1 Å². The SMILES string of the molecule is N#CC(=CNc1cccc(N2Cc3ccccc3C2)c1)c1nn[nH]n1. The number of H-pyrrole nitrogens is 1. The van der Waals surface area contributed by atoms with E-state index in [-0.39, 0.29) is 5.82 Å². The van der Waals surface area contributed by atoms with Crippen LogP contribution >= 0.6 is 0 Å². The lowest BCUT2D eigenvalue weighted by Gasteiger charge is -2.18. The Kier molecular flexibility index (Phi) is 3.85. The van der Waals surface area contributed by atoms with Crippen molar-refractivity contribution in [2.24, 2.45) is 0 Å². The van der Waals surface area contributed by atoms with Gasteiger partial charge in [0.05, 0.1) is 0 Å². The van der Waals surface area contributed by atoms with Crippen molar-refractivity contribution in [3.63, 3.8) is 0 Å². The molecule has 7 nitrogen and oxygen atoms in total. The van der Waals surface area contributed by atoms with Gasteiger partial charge in [-0.15, -0.1) is 10.2 Å². The maximum Gasteiger partial charge on any atom is 0.216 e.